The predicted octanol–water partition coefficient (Wildman–Crippen LogP) is 5.91. The number of amides is 1. The van der Waals surface area contributed by atoms with Crippen molar-refractivity contribution in [2.45, 2.75) is 82.2 Å². The third kappa shape index (κ3) is 6.54. The fourth-order valence-corrected chi connectivity index (χ4v) is 8.90. The molecule has 1 aromatic heterocycles. The normalized spacial score (nSPS) is 29.4. The summed E-state index contributed by atoms with van der Waals surface area (Å²) in [6.45, 7) is 5.50. The van der Waals surface area contributed by atoms with Gasteiger partial charge in [0.15, 0.2) is 0 Å². The summed E-state index contributed by atoms with van der Waals surface area (Å²) < 4.78 is 47.3. The van der Waals surface area contributed by atoms with Gasteiger partial charge in [0, 0.05) is 36.0 Å². The van der Waals surface area contributed by atoms with E-state index in [1.54, 1.807) is 32.0 Å². The van der Waals surface area contributed by atoms with Gasteiger partial charge in [-0.25, -0.2) is 13.1 Å². The second-order valence-corrected chi connectivity index (χ2v) is 16.1. The fourth-order valence-electron chi connectivity index (χ4n) is 7.68. The van der Waals surface area contributed by atoms with Crippen molar-refractivity contribution in [1.82, 2.24) is 14.9 Å². The Balaban J connectivity index is 1.26. The van der Waals surface area contributed by atoms with Gasteiger partial charge in [-0.05, 0) is 105 Å². The molecule has 10 nitrogen and oxygen atoms in total. The molecule has 1 spiro atoms. The number of carbonyl (C=O) groups is 1. The Labute approximate surface area is 280 Å². The van der Waals surface area contributed by atoms with E-state index in [0.717, 1.165) is 49.4 Å². The minimum Gasteiger partial charge on any atom is -0.490 e. The molecule has 1 amide bonds. The molecule has 0 unspecified atom stereocenters. The number of ether oxygens (including phenoxy) is 2. The molecule has 12 heteroatoms. The number of rotatable bonds is 3. The van der Waals surface area contributed by atoms with Crippen molar-refractivity contribution in [2.24, 2.45) is 11.8 Å². The third-order valence-corrected chi connectivity index (χ3v) is 12.5. The zero-order valence-corrected chi connectivity index (χ0v) is 28.4. The first-order valence-corrected chi connectivity index (χ1v) is 18.5. The van der Waals surface area contributed by atoms with Crippen LogP contribution in [-0.2, 0) is 33.2 Å². The van der Waals surface area contributed by atoms with Gasteiger partial charge in [-0.2, -0.15) is 0 Å². The molecular formula is C35H41ClN4O6S. The maximum atomic E-state index is 13.4. The van der Waals surface area contributed by atoms with Crippen molar-refractivity contribution in [2.75, 3.05) is 24.6 Å². The van der Waals surface area contributed by atoms with E-state index in [4.69, 9.17) is 25.5 Å². The molecule has 2 aliphatic carbocycles. The standard InChI is InChI=1S/C35H41ClN4O6S/c1-22-6-3-4-8-31(44-19-33-38-37-23(2)46-33)28-12-9-26(28)18-40-20-35(15-5-7-24-16-27(36)11-13-29(24)35)21-45-32-14-10-25(17-30(32)40)34(41)39-47(22,42)43/h4,8,10-11,13-14,16-17,22,26,28,31H,3,5-7,9,12,15,18-21H2,1-2H3,(H,39,41)/b8-4+/t22-,26+,28-,31+,35+/m1/s1. The van der Waals surface area contributed by atoms with Crippen LogP contribution in [0.25, 0.3) is 0 Å². The van der Waals surface area contributed by atoms with Crippen LogP contribution in [0, 0.1) is 18.8 Å². The number of fused-ring (bicyclic) bond motifs is 4. The molecule has 0 radical (unpaired) electrons. The van der Waals surface area contributed by atoms with Crippen LogP contribution in [0.3, 0.4) is 0 Å². The summed E-state index contributed by atoms with van der Waals surface area (Å²) in [5, 5.41) is 8.02. The number of allylic oxidation sites excluding steroid dienone is 1. The van der Waals surface area contributed by atoms with Crippen molar-refractivity contribution in [1.29, 1.82) is 0 Å². The van der Waals surface area contributed by atoms with E-state index >= 15 is 0 Å². The zero-order valence-electron chi connectivity index (χ0n) is 26.8. The number of hydrogen-bond acceptors (Lipinski definition) is 9. The average Bonchev–Trinajstić information content (AvgIpc) is 3.39. The zero-order chi connectivity index (χ0) is 32.8. The largest absolute Gasteiger partial charge is 0.490 e. The number of aromatic nitrogens is 2. The first-order valence-electron chi connectivity index (χ1n) is 16.5. The second-order valence-electron chi connectivity index (χ2n) is 13.6. The smallest absolute Gasteiger partial charge is 0.264 e. The fraction of sp³-hybridized carbons (Fsp3) is 0.514. The van der Waals surface area contributed by atoms with Crippen LogP contribution in [0.2, 0.25) is 5.02 Å². The van der Waals surface area contributed by atoms with E-state index in [1.807, 2.05) is 12.1 Å². The summed E-state index contributed by atoms with van der Waals surface area (Å²) in [5.74, 6) is 1.52. The lowest BCUT2D eigenvalue weighted by atomic mass is 9.68. The molecule has 1 fully saturated rings. The molecule has 2 bridgehead atoms. The number of anilines is 1. The van der Waals surface area contributed by atoms with E-state index in [2.05, 4.69) is 38.0 Å². The summed E-state index contributed by atoms with van der Waals surface area (Å²) >= 11 is 6.43. The van der Waals surface area contributed by atoms with Gasteiger partial charge in [0.2, 0.25) is 21.8 Å². The molecular weight excluding hydrogens is 640 g/mol. The lowest BCUT2D eigenvalue weighted by Crippen LogP contribution is -2.49. The Morgan fingerprint density at radius 1 is 1.15 bits per heavy atom. The number of hydrogen-bond donors (Lipinski definition) is 1. The number of aryl methyl sites for hydroxylation is 2. The summed E-state index contributed by atoms with van der Waals surface area (Å²) in [6.07, 6.45) is 9.73. The second kappa shape index (κ2) is 12.9. The van der Waals surface area contributed by atoms with Crippen LogP contribution in [0.4, 0.5) is 5.69 Å². The minimum atomic E-state index is -3.90. The van der Waals surface area contributed by atoms with Crippen LogP contribution < -0.4 is 14.4 Å². The van der Waals surface area contributed by atoms with Gasteiger partial charge in [-0.3, -0.25) is 4.79 Å². The van der Waals surface area contributed by atoms with Crippen molar-refractivity contribution >= 4 is 33.2 Å². The van der Waals surface area contributed by atoms with Gasteiger partial charge in [-0.15, -0.1) is 10.2 Å². The molecule has 3 aromatic rings. The van der Waals surface area contributed by atoms with Gasteiger partial charge in [0.1, 0.15) is 12.4 Å². The Morgan fingerprint density at radius 3 is 2.81 bits per heavy atom. The van der Waals surface area contributed by atoms with E-state index in [9.17, 15) is 13.2 Å². The third-order valence-electron chi connectivity index (χ3n) is 10.4. The highest BCUT2D eigenvalue weighted by molar-refractivity contribution is 7.90. The number of halogens is 1. The summed E-state index contributed by atoms with van der Waals surface area (Å²) in [7, 11) is -3.90. The number of benzene rings is 2. The Hall–Kier alpha value is -3.41. The van der Waals surface area contributed by atoms with Crippen LogP contribution in [0.15, 0.2) is 53.0 Å². The lowest BCUT2D eigenvalue weighted by molar-refractivity contribution is -0.0295. The molecule has 2 aliphatic heterocycles. The highest BCUT2D eigenvalue weighted by atomic mass is 35.5. The summed E-state index contributed by atoms with van der Waals surface area (Å²) in [5.41, 5.74) is 3.32. The molecule has 47 heavy (non-hydrogen) atoms. The monoisotopic (exact) mass is 680 g/mol. The molecule has 7 rings (SSSR count). The summed E-state index contributed by atoms with van der Waals surface area (Å²) in [4.78, 5) is 15.7. The first kappa shape index (κ1) is 32.2. The Morgan fingerprint density at radius 2 is 2.02 bits per heavy atom. The maximum Gasteiger partial charge on any atom is 0.264 e. The molecule has 2 aromatic carbocycles. The SMILES string of the molecule is Cc1nnc(CO[C@H]2/C=C/CC[C@@H](C)S(=O)(=O)NC(=O)c3ccc4c(c3)N(C[C@@H]3CC[C@H]32)C[C@@]2(CCCc3cc(Cl)ccc32)CO4)o1. The van der Waals surface area contributed by atoms with Crippen LogP contribution in [0.5, 0.6) is 5.75 Å². The minimum absolute atomic E-state index is 0.197. The molecule has 4 aliphatic rings. The number of nitrogens with one attached hydrogen (secondary N) is 1. The van der Waals surface area contributed by atoms with Crippen molar-refractivity contribution in [3.63, 3.8) is 0 Å². The molecule has 3 heterocycles. The first-order chi connectivity index (χ1) is 22.6. The number of carbonyl (C=O) groups excluding carboxylic acids is 1. The van der Waals surface area contributed by atoms with E-state index in [0.29, 0.717) is 49.4 Å². The van der Waals surface area contributed by atoms with Gasteiger partial charge in [-0.1, -0.05) is 29.8 Å². The quantitative estimate of drug-likeness (QED) is 0.336. The molecule has 1 N–H and O–H groups in total. The van der Waals surface area contributed by atoms with Crippen molar-refractivity contribution in [3.8, 4) is 5.75 Å². The summed E-state index contributed by atoms with van der Waals surface area (Å²) in [6, 6.07) is 11.4. The van der Waals surface area contributed by atoms with E-state index in [1.165, 1.54) is 11.1 Å². The van der Waals surface area contributed by atoms with Crippen LogP contribution in [-0.4, -0.2) is 55.6 Å². The highest BCUT2D eigenvalue weighted by Crippen LogP contribution is 2.47. The maximum absolute atomic E-state index is 13.4. The Kier molecular flexibility index (Phi) is 8.82. The molecule has 250 valence electrons. The van der Waals surface area contributed by atoms with Crippen LogP contribution >= 0.6 is 11.6 Å². The van der Waals surface area contributed by atoms with Gasteiger partial charge in [0.05, 0.1) is 23.6 Å². The number of sulfonamides is 1. The lowest BCUT2D eigenvalue weighted by Gasteiger charge is -2.46. The molecule has 0 saturated heterocycles. The number of nitrogens with zero attached hydrogens (tertiary/aromatic N) is 3. The van der Waals surface area contributed by atoms with Gasteiger partial charge in [0.25, 0.3) is 5.91 Å². The topological polar surface area (TPSA) is 124 Å². The Bertz CT molecular complexity index is 1790. The predicted molar refractivity (Wildman–Crippen MR) is 178 cm³/mol. The van der Waals surface area contributed by atoms with Gasteiger partial charge < -0.3 is 18.8 Å². The van der Waals surface area contributed by atoms with Crippen molar-refractivity contribution < 1.29 is 27.1 Å². The average molecular weight is 681 g/mol. The van der Waals surface area contributed by atoms with Crippen molar-refractivity contribution in [3.05, 3.63) is 82.0 Å². The van der Waals surface area contributed by atoms with E-state index in [-0.39, 0.29) is 29.6 Å². The highest BCUT2D eigenvalue weighted by Gasteiger charge is 2.44. The van der Waals surface area contributed by atoms with E-state index < -0.39 is 21.2 Å². The molecule has 5 atom stereocenters. The van der Waals surface area contributed by atoms with Crippen LogP contribution in [0.1, 0.15) is 78.7 Å². The molecule has 1 saturated carbocycles. The van der Waals surface area contributed by atoms with Gasteiger partial charge >= 0.3 is 0 Å².